The molecule has 26 heavy (non-hydrogen) atoms. The Hall–Kier alpha value is -2.66. The molecule has 0 aliphatic heterocycles. The third-order valence-corrected chi connectivity index (χ3v) is 5.68. The number of anilines is 1. The molecule has 4 nitrogen and oxygen atoms in total. The molecule has 132 valence electrons. The van der Waals surface area contributed by atoms with Gasteiger partial charge in [0.05, 0.1) is 12.5 Å². The first-order chi connectivity index (χ1) is 12.7. The summed E-state index contributed by atoms with van der Waals surface area (Å²) in [7, 11) is 1.66. The van der Waals surface area contributed by atoms with Gasteiger partial charge in [0.15, 0.2) is 5.13 Å². The number of amides is 1. The highest BCUT2D eigenvalue weighted by atomic mass is 32.1. The van der Waals surface area contributed by atoms with E-state index in [0.29, 0.717) is 11.6 Å². The predicted molar refractivity (Wildman–Crippen MR) is 104 cm³/mol. The summed E-state index contributed by atoms with van der Waals surface area (Å²) in [6, 6.07) is 16.3. The van der Waals surface area contributed by atoms with E-state index in [1.54, 1.807) is 13.3 Å². The molecule has 1 aliphatic carbocycles. The zero-order valence-corrected chi connectivity index (χ0v) is 15.4. The molecule has 3 aromatic rings. The van der Waals surface area contributed by atoms with Crippen molar-refractivity contribution in [2.24, 2.45) is 5.41 Å². The summed E-state index contributed by atoms with van der Waals surface area (Å²) in [6.45, 7) is 0. The van der Waals surface area contributed by atoms with Gasteiger partial charge in [-0.2, -0.15) is 0 Å². The lowest BCUT2D eigenvalue weighted by Crippen LogP contribution is -2.39. The Balaban J connectivity index is 1.67. The first kappa shape index (κ1) is 16.8. The van der Waals surface area contributed by atoms with Gasteiger partial charge >= 0.3 is 0 Å². The van der Waals surface area contributed by atoms with Crippen LogP contribution in [-0.2, 0) is 24.1 Å². The molecule has 1 aliphatic rings. The molecule has 1 aromatic heterocycles. The van der Waals surface area contributed by atoms with Gasteiger partial charge in [0.25, 0.3) is 0 Å². The Morgan fingerprint density at radius 1 is 1.19 bits per heavy atom. The van der Waals surface area contributed by atoms with E-state index >= 15 is 0 Å². The lowest BCUT2D eigenvalue weighted by atomic mass is 9.78. The molecule has 2 aromatic carbocycles. The number of nitrogens with zero attached hydrogens (tertiary/aromatic N) is 1. The molecule has 0 fully saturated rings. The molecule has 0 spiro atoms. The summed E-state index contributed by atoms with van der Waals surface area (Å²) < 4.78 is 5.35. The monoisotopic (exact) mass is 364 g/mol. The van der Waals surface area contributed by atoms with Crippen LogP contribution in [0.5, 0.6) is 5.75 Å². The smallest absolute Gasteiger partial charge is 0.233 e. The lowest BCUT2D eigenvalue weighted by Gasteiger charge is -2.27. The van der Waals surface area contributed by atoms with Crippen LogP contribution in [0.3, 0.4) is 0 Å². The van der Waals surface area contributed by atoms with Gasteiger partial charge in [-0.1, -0.05) is 36.4 Å². The largest absolute Gasteiger partial charge is 0.497 e. The van der Waals surface area contributed by atoms with Crippen LogP contribution in [0.1, 0.15) is 16.7 Å². The zero-order valence-electron chi connectivity index (χ0n) is 14.6. The average Bonchev–Trinajstić information content (AvgIpc) is 3.29. The Labute approximate surface area is 156 Å². The molecule has 4 rings (SSSR count). The average molecular weight is 364 g/mol. The SMILES string of the molecule is COc1cccc(CC2(C(=O)Nc3nccs3)Cc3ccccc3C2)c1. The number of benzene rings is 2. The molecule has 0 radical (unpaired) electrons. The normalized spacial score (nSPS) is 14.7. The van der Waals surface area contributed by atoms with Gasteiger partial charge in [0.2, 0.25) is 5.91 Å². The number of hydrogen-bond acceptors (Lipinski definition) is 4. The highest BCUT2D eigenvalue weighted by Crippen LogP contribution is 2.41. The van der Waals surface area contributed by atoms with Crippen molar-refractivity contribution in [2.45, 2.75) is 19.3 Å². The van der Waals surface area contributed by atoms with Crippen LogP contribution in [0.25, 0.3) is 0 Å². The predicted octanol–water partition coefficient (Wildman–Crippen LogP) is 4.12. The van der Waals surface area contributed by atoms with Gasteiger partial charge in [-0.3, -0.25) is 4.79 Å². The van der Waals surface area contributed by atoms with Crippen LogP contribution in [0.2, 0.25) is 0 Å². The van der Waals surface area contributed by atoms with Crippen molar-refractivity contribution >= 4 is 22.4 Å². The molecule has 0 atom stereocenters. The maximum Gasteiger partial charge on any atom is 0.233 e. The van der Waals surface area contributed by atoms with Gasteiger partial charge < -0.3 is 10.1 Å². The minimum atomic E-state index is -0.512. The molecular formula is C21H20N2O2S. The number of fused-ring (bicyclic) bond motifs is 1. The molecule has 0 bridgehead atoms. The van der Waals surface area contributed by atoms with Crippen LogP contribution in [0.4, 0.5) is 5.13 Å². The van der Waals surface area contributed by atoms with Crippen LogP contribution in [-0.4, -0.2) is 18.0 Å². The lowest BCUT2D eigenvalue weighted by molar-refractivity contribution is -0.125. The van der Waals surface area contributed by atoms with Gasteiger partial charge in [-0.05, 0) is 48.1 Å². The van der Waals surface area contributed by atoms with Crippen molar-refractivity contribution in [3.8, 4) is 5.75 Å². The number of thiazole rings is 1. The number of carbonyl (C=O) groups is 1. The topological polar surface area (TPSA) is 51.2 Å². The van der Waals surface area contributed by atoms with E-state index in [1.165, 1.54) is 22.5 Å². The Kier molecular flexibility index (Phi) is 4.47. The van der Waals surface area contributed by atoms with Crippen LogP contribution in [0, 0.1) is 5.41 Å². The van der Waals surface area contributed by atoms with Crippen molar-refractivity contribution in [1.82, 2.24) is 4.98 Å². The molecule has 0 unspecified atom stereocenters. The zero-order chi connectivity index (χ0) is 18.0. The number of nitrogens with one attached hydrogen (secondary N) is 1. The summed E-state index contributed by atoms with van der Waals surface area (Å²) in [5, 5.41) is 5.54. The number of rotatable bonds is 5. The maximum atomic E-state index is 13.3. The molecule has 1 N–H and O–H groups in total. The second kappa shape index (κ2) is 6.92. The van der Waals surface area contributed by atoms with E-state index in [1.807, 2.05) is 35.7 Å². The van der Waals surface area contributed by atoms with Gasteiger partial charge in [-0.25, -0.2) is 4.98 Å². The van der Waals surface area contributed by atoms with Crippen molar-refractivity contribution in [1.29, 1.82) is 0 Å². The van der Waals surface area contributed by atoms with Gasteiger partial charge in [-0.15, -0.1) is 11.3 Å². The fourth-order valence-electron chi connectivity index (χ4n) is 3.75. The number of aromatic nitrogens is 1. The van der Waals surface area contributed by atoms with Crippen molar-refractivity contribution in [2.75, 3.05) is 12.4 Å². The third kappa shape index (κ3) is 3.22. The first-order valence-electron chi connectivity index (χ1n) is 8.59. The Morgan fingerprint density at radius 3 is 2.62 bits per heavy atom. The molecule has 1 heterocycles. The minimum absolute atomic E-state index is 0.0338. The maximum absolute atomic E-state index is 13.3. The van der Waals surface area contributed by atoms with Crippen LogP contribution in [0.15, 0.2) is 60.1 Å². The van der Waals surface area contributed by atoms with Crippen LogP contribution < -0.4 is 10.1 Å². The van der Waals surface area contributed by atoms with E-state index < -0.39 is 5.41 Å². The van der Waals surface area contributed by atoms with E-state index in [9.17, 15) is 4.79 Å². The first-order valence-corrected chi connectivity index (χ1v) is 9.47. The summed E-state index contributed by atoms with van der Waals surface area (Å²) in [4.78, 5) is 17.5. The fraction of sp³-hybridized carbons (Fsp3) is 0.238. The second-order valence-electron chi connectivity index (χ2n) is 6.72. The summed E-state index contributed by atoms with van der Waals surface area (Å²) in [5.41, 5.74) is 3.10. The van der Waals surface area contributed by atoms with Crippen molar-refractivity contribution < 1.29 is 9.53 Å². The fourth-order valence-corrected chi connectivity index (χ4v) is 4.27. The number of ether oxygens (including phenoxy) is 1. The van der Waals surface area contributed by atoms with E-state index in [-0.39, 0.29) is 5.91 Å². The Morgan fingerprint density at radius 2 is 1.96 bits per heavy atom. The van der Waals surface area contributed by atoms with Crippen molar-refractivity contribution in [3.63, 3.8) is 0 Å². The number of hydrogen-bond donors (Lipinski definition) is 1. The third-order valence-electron chi connectivity index (χ3n) is 4.99. The minimum Gasteiger partial charge on any atom is -0.497 e. The molecule has 5 heteroatoms. The summed E-state index contributed by atoms with van der Waals surface area (Å²) in [5.74, 6) is 0.847. The van der Waals surface area contributed by atoms with Gasteiger partial charge in [0.1, 0.15) is 5.75 Å². The molecule has 0 saturated heterocycles. The highest BCUT2D eigenvalue weighted by Gasteiger charge is 2.44. The highest BCUT2D eigenvalue weighted by molar-refractivity contribution is 7.13. The van der Waals surface area contributed by atoms with E-state index in [4.69, 9.17) is 4.74 Å². The molecule has 0 saturated carbocycles. The summed E-state index contributed by atoms with van der Waals surface area (Å²) >= 11 is 1.44. The van der Waals surface area contributed by atoms with Gasteiger partial charge in [0, 0.05) is 11.6 Å². The van der Waals surface area contributed by atoms with E-state index in [0.717, 1.165) is 24.2 Å². The number of methoxy groups -OCH3 is 1. The quantitative estimate of drug-likeness (QED) is 0.741. The Bertz CT molecular complexity index is 896. The molecular weight excluding hydrogens is 344 g/mol. The molecule has 1 amide bonds. The summed E-state index contributed by atoms with van der Waals surface area (Å²) in [6.07, 6.45) is 3.84. The second-order valence-corrected chi connectivity index (χ2v) is 7.62. The number of carbonyl (C=O) groups excluding carboxylic acids is 1. The standard InChI is InChI=1S/C21H20N2O2S/c1-25-18-8-4-5-15(11-18)12-21(19(24)23-20-22-9-10-26-20)13-16-6-2-3-7-17(16)14-21/h2-11H,12-14H2,1H3,(H,22,23,24). The van der Waals surface area contributed by atoms with E-state index in [2.05, 4.69) is 28.5 Å². The van der Waals surface area contributed by atoms with Crippen molar-refractivity contribution in [3.05, 3.63) is 76.8 Å². The van der Waals surface area contributed by atoms with Crippen LogP contribution >= 0.6 is 11.3 Å².